The highest BCUT2D eigenvalue weighted by Gasteiger charge is 2.27. The fraction of sp³-hybridized carbons (Fsp3) is 0.333. The van der Waals surface area contributed by atoms with Crippen molar-refractivity contribution in [2.75, 3.05) is 6.54 Å². The van der Waals surface area contributed by atoms with Gasteiger partial charge in [-0.3, -0.25) is 9.78 Å². The van der Waals surface area contributed by atoms with E-state index in [1.54, 1.807) is 6.20 Å². The standard InChI is InChI=1S/C15H18N2O/c1-4-17-15(2,3)14(18)12-8-7-11-6-5-9-16-13(11)10-12/h5-10,17H,4H2,1-3H3. The normalized spacial score (nSPS) is 11.7. The molecule has 0 aliphatic carbocycles. The van der Waals surface area contributed by atoms with Gasteiger partial charge in [-0.2, -0.15) is 0 Å². The van der Waals surface area contributed by atoms with Crippen molar-refractivity contribution in [2.45, 2.75) is 26.3 Å². The third-order valence-corrected chi connectivity index (χ3v) is 3.05. The van der Waals surface area contributed by atoms with Crippen molar-refractivity contribution < 1.29 is 4.79 Å². The van der Waals surface area contributed by atoms with Gasteiger partial charge in [0.1, 0.15) is 0 Å². The molecule has 3 heteroatoms. The molecule has 0 fully saturated rings. The lowest BCUT2D eigenvalue weighted by atomic mass is 9.92. The molecule has 1 N–H and O–H groups in total. The number of rotatable bonds is 4. The van der Waals surface area contributed by atoms with E-state index in [-0.39, 0.29) is 5.78 Å². The lowest BCUT2D eigenvalue weighted by Gasteiger charge is -2.24. The number of carbonyl (C=O) groups excluding carboxylic acids is 1. The van der Waals surface area contributed by atoms with Crippen LogP contribution in [0.4, 0.5) is 0 Å². The van der Waals surface area contributed by atoms with Gasteiger partial charge >= 0.3 is 0 Å². The first-order chi connectivity index (χ1) is 8.54. The predicted molar refractivity (Wildman–Crippen MR) is 73.8 cm³/mol. The molecule has 0 saturated heterocycles. The molecule has 1 aromatic carbocycles. The Bertz CT molecular complexity index is 575. The number of aromatic nitrogens is 1. The zero-order valence-corrected chi connectivity index (χ0v) is 11.0. The molecule has 0 radical (unpaired) electrons. The second kappa shape index (κ2) is 4.86. The van der Waals surface area contributed by atoms with E-state index in [1.165, 1.54) is 0 Å². The van der Waals surface area contributed by atoms with Crippen LogP contribution in [0.15, 0.2) is 36.5 Å². The quantitative estimate of drug-likeness (QED) is 0.838. The molecule has 0 bridgehead atoms. The second-order valence-corrected chi connectivity index (χ2v) is 4.90. The number of nitrogens with zero attached hydrogens (tertiary/aromatic N) is 1. The molecule has 1 heterocycles. The molecule has 3 nitrogen and oxygen atoms in total. The molecule has 0 saturated carbocycles. The number of fused-ring (bicyclic) bond motifs is 1. The first-order valence-electron chi connectivity index (χ1n) is 6.19. The first-order valence-corrected chi connectivity index (χ1v) is 6.19. The van der Waals surface area contributed by atoms with Crippen LogP contribution in [0.5, 0.6) is 0 Å². The Morgan fingerprint density at radius 1 is 1.33 bits per heavy atom. The van der Waals surface area contributed by atoms with E-state index < -0.39 is 5.54 Å². The highest BCUT2D eigenvalue weighted by Crippen LogP contribution is 2.18. The molecular weight excluding hydrogens is 224 g/mol. The summed E-state index contributed by atoms with van der Waals surface area (Å²) in [5.74, 6) is 0.0944. The summed E-state index contributed by atoms with van der Waals surface area (Å²) in [5.41, 5.74) is 1.01. The Morgan fingerprint density at radius 3 is 2.83 bits per heavy atom. The molecular formula is C15H18N2O. The molecule has 2 rings (SSSR count). The molecule has 18 heavy (non-hydrogen) atoms. The van der Waals surface area contributed by atoms with Crippen LogP contribution < -0.4 is 5.32 Å². The van der Waals surface area contributed by atoms with Gasteiger partial charge in [0.25, 0.3) is 0 Å². The fourth-order valence-electron chi connectivity index (χ4n) is 2.09. The second-order valence-electron chi connectivity index (χ2n) is 4.90. The Morgan fingerprint density at radius 2 is 2.11 bits per heavy atom. The van der Waals surface area contributed by atoms with Gasteiger partial charge in [-0.15, -0.1) is 0 Å². The topological polar surface area (TPSA) is 42.0 Å². The van der Waals surface area contributed by atoms with Crippen molar-refractivity contribution in [1.29, 1.82) is 0 Å². The lowest BCUT2D eigenvalue weighted by Crippen LogP contribution is -2.46. The van der Waals surface area contributed by atoms with Crippen LogP contribution in [0, 0.1) is 0 Å². The lowest BCUT2D eigenvalue weighted by molar-refractivity contribution is 0.0884. The number of likely N-dealkylation sites (N-methyl/N-ethyl adjacent to an activating group) is 1. The summed E-state index contributed by atoms with van der Waals surface area (Å²) >= 11 is 0. The molecule has 94 valence electrons. The van der Waals surface area contributed by atoms with Gasteiger partial charge in [0.2, 0.25) is 0 Å². The molecule has 1 aromatic heterocycles. The number of carbonyl (C=O) groups is 1. The first kappa shape index (κ1) is 12.7. The summed E-state index contributed by atoms with van der Waals surface area (Å²) in [6.45, 7) is 6.57. The van der Waals surface area contributed by atoms with Gasteiger partial charge in [-0.05, 0) is 32.5 Å². The van der Waals surface area contributed by atoms with Crippen molar-refractivity contribution in [3.63, 3.8) is 0 Å². The minimum absolute atomic E-state index is 0.0944. The Kier molecular flexibility index (Phi) is 3.43. The van der Waals surface area contributed by atoms with E-state index in [9.17, 15) is 4.79 Å². The highest BCUT2D eigenvalue weighted by molar-refractivity contribution is 6.04. The number of Topliss-reactive ketones (excluding diaryl/α,β-unsaturated/α-hetero) is 1. The average Bonchev–Trinajstić information content (AvgIpc) is 2.37. The Balaban J connectivity index is 2.39. The average molecular weight is 242 g/mol. The van der Waals surface area contributed by atoms with E-state index in [1.807, 2.05) is 51.1 Å². The van der Waals surface area contributed by atoms with Crippen LogP contribution in [0.1, 0.15) is 31.1 Å². The number of hydrogen-bond donors (Lipinski definition) is 1. The zero-order chi connectivity index (χ0) is 13.2. The molecule has 2 aromatic rings. The van der Waals surface area contributed by atoms with Crippen LogP contribution >= 0.6 is 0 Å². The third kappa shape index (κ3) is 2.41. The maximum atomic E-state index is 12.4. The minimum Gasteiger partial charge on any atom is -0.305 e. The monoisotopic (exact) mass is 242 g/mol. The van der Waals surface area contributed by atoms with E-state index >= 15 is 0 Å². The number of benzene rings is 1. The maximum Gasteiger partial charge on any atom is 0.182 e. The fourth-order valence-corrected chi connectivity index (χ4v) is 2.09. The van der Waals surface area contributed by atoms with Crippen molar-refractivity contribution >= 4 is 16.7 Å². The van der Waals surface area contributed by atoms with E-state index in [0.717, 1.165) is 17.4 Å². The molecule has 0 atom stereocenters. The van der Waals surface area contributed by atoms with Crippen LogP contribution in [0.3, 0.4) is 0 Å². The highest BCUT2D eigenvalue weighted by atomic mass is 16.1. The summed E-state index contributed by atoms with van der Waals surface area (Å²) in [6, 6.07) is 9.55. The molecule has 0 spiro atoms. The van der Waals surface area contributed by atoms with Crippen molar-refractivity contribution in [2.24, 2.45) is 0 Å². The van der Waals surface area contributed by atoms with Crippen molar-refractivity contribution in [3.8, 4) is 0 Å². The van der Waals surface area contributed by atoms with Crippen LogP contribution in [-0.2, 0) is 0 Å². The number of ketones is 1. The van der Waals surface area contributed by atoms with Crippen molar-refractivity contribution in [1.82, 2.24) is 10.3 Å². The Labute approximate surface area is 107 Å². The maximum absolute atomic E-state index is 12.4. The smallest absolute Gasteiger partial charge is 0.182 e. The summed E-state index contributed by atoms with van der Waals surface area (Å²) in [6.07, 6.45) is 1.74. The van der Waals surface area contributed by atoms with Crippen LogP contribution in [0.2, 0.25) is 0 Å². The molecule has 0 amide bonds. The van der Waals surface area contributed by atoms with E-state index in [0.29, 0.717) is 5.56 Å². The summed E-state index contributed by atoms with van der Waals surface area (Å²) in [5, 5.41) is 4.25. The zero-order valence-electron chi connectivity index (χ0n) is 11.0. The molecule has 0 aliphatic rings. The summed E-state index contributed by atoms with van der Waals surface area (Å²) in [7, 11) is 0. The van der Waals surface area contributed by atoms with Crippen LogP contribution in [-0.4, -0.2) is 22.9 Å². The van der Waals surface area contributed by atoms with Gasteiger partial charge in [-0.1, -0.05) is 25.1 Å². The Hall–Kier alpha value is -1.74. The predicted octanol–water partition coefficient (Wildman–Crippen LogP) is 2.81. The third-order valence-electron chi connectivity index (χ3n) is 3.05. The van der Waals surface area contributed by atoms with Gasteiger partial charge in [0, 0.05) is 17.1 Å². The molecule has 0 aliphatic heterocycles. The number of nitrogens with one attached hydrogen (secondary N) is 1. The SMILES string of the molecule is CCNC(C)(C)C(=O)c1ccc2cccnc2c1. The van der Waals surface area contributed by atoms with Gasteiger partial charge in [0.15, 0.2) is 5.78 Å². The van der Waals surface area contributed by atoms with E-state index in [4.69, 9.17) is 0 Å². The largest absolute Gasteiger partial charge is 0.305 e. The minimum atomic E-state index is -0.544. The van der Waals surface area contributed by atoms with Gasteiger partial charge in [0.05, 0.1) is 11.1 Å². The number of hydrogen-bond acceptors (Lipinski definition) is 3. The summed E-state index contributed by atoms with van der Waals surface area (Å²) < 4.78 is 0. The molecule has 0 unspecified atom stereocenters. The summed E-state index contributed by atoms with van der Waals surface area (Å²) in [4.78, 5) is 16.7. The van der Waals surface area contributed by atoms with Gasteiger partial charge < -0.3 is 5.32 Å². The van der Waals surface area contributed by atoms with E-state index in [2.05, 4.69) is 10.3 Å². The van der Waals surface area contributed by atoms with Gasteiger partial charge in [-0.25, -0.2) is 0 Å². The number of pyridine rings is 1. The van der Waals surface area contributed by atoms with Crippen molar-refractivity contribution in [3.05, 3.63) is 42.1 Å². The van der Waals surface area contributed by atoms with Crippen LogP contribution in [0.25, 0.3) is 10.9 Å².